The van der Waals surface area contributed by atoms with Crippen LogP contribution in [0.1, 0.15) is 57.0 Å². The molecule has 0 fully saturated rings. The maximum atomic E-state index is 10.8. The van der Waals surface area contributed by atoms with E-state index >= 15 is 0 Å². The largest absolute Gasteiger partial charge is 2.00 e. The van der Waals surface area contributed by atoms with Gasteiger partial charge in [0.05, 0.1) is 34.2 Å². The Hall–Kier alpha value is -2.12. The summed E-state index contributed by atoms with van der Waals surface area (Å²) in [6.07, 6.45) is -9.95. The minimum absolute atomic E-state index is 0. The molecule has 18 heteroatoms. The van der Waals surface area contributed by atoms with E-state index in [1.165, 1.54) is 43.1 Å². The van der Waals surface area contributed by atoms with Gasteiger partial charge in [-0.25, -0.2) is 8.39 Å². The van der Waals surface area contributed by atoms with Crippen LogP contribution in [0.15, 0.2) is 46.4 Å². The van der Waals surface area contributed by atoms with E-state index in [9.17, 15) is 26.3 Å². The number of benzene rings is 2. The molecule has 0 spiro atoms. The molecule has 1 heterocycles. The van der Waals surface area contributed by atoms with Crippen molar-refractivity contribution >= 4 is 58.4 Å². The van der Waals surface area contributed by atoms with Crippen molar-refractivity contribution in [1.29, 1.82) is 0 Å². The molecule has 256 valence electrons. The van der Waals surface area contributed by atoms with Crippen LogP contribution in [0.5, 0.6) is 0 Å². The predicted molar refractivity (Wildman–Crippen MR) is 162 cm³/mol. The van der Waals surface area contributed by atoms with Crippen LogP contribution >= 0.6 is 11.3 Å². The van der Waals surface area contributed by atoms with Gasteiger partial charge in [-0.1, -0.05) is 40.4 Å². The molecule has 46 heavy (non-hydrogen) atoms. The van der Waals surface area contributed by atoms with E-state index < -0.39 is 24.1 Å². The van der Waals surface area contributed by atoms with Gasteiger partial charge in [0.2, 0.25) is 0 Å². The van der Waals surface area contributed by atoms with Crippen molar-refractivity contribution in [2.75, 3.05) is 0 Å². The summed E-state index contributed by atoms with van der Waals surface area (Å²) in [5.41, 5.74) is 11.7. The van der Waals surface area contributed by atoms with Crippen molar-refractivity contribution in [2.45, 2.75) is 68.1 Å². The zero-order valence-corrected chi connectivity index (χ0v) is 29.2. The Labute approximate surface area is 285 Å². The second-order valence-corrected chi connectivity index (χ2v) is 11.2. The van der Waals surface area contributed by atoms with E-state index in [4.69, 9.17) is 18.7 Å². The van der Waals surface area contributed by atoms with Gasteiger partial charge in [-0.3, -0.25) is 9.98 Å². The molecule has 0 aliphatic rings. The first-order valence-corrected chi connectivity index (χ1v) is 14.7. The fourth-order valence-electron chi connectivity index (χ4n) is 4.00. The van der Waals surface area contributed by atoms with Gasteiger partial charge in [-0.15, -0.1) is 42.6 Å². The maximum absolute atomic E-state index is 10.8. The molecular weight excluding hydrogens is 726 g/mol. The molecule has 2 aromatic carbocycles. The van der Waals surface area contributed by atoms with Gasteiger partial charge in [-0.05, 0) is 89.8 Å². The van der Waals surface area contributed by atoms with E-state index in [0.717, 1.165) is 22.8 Å². The molecule has 8 nitrogen and oxygen atoms in total. The second kappa shape index (κ2) is 19.6. The number of halogens is 6. The van der Waals surface area contributed by atoms with E-state index in [1.54, 1.807) is 11.3 Å². The Morgan fingerprint density at radius 2 is 1.11 bits per heavy atom. The summed E-state index contributed by atoms with van der Waals surface area (Å²) in [5, 5.41) is 2.89. The van der Waals surface area contributed by atoms with Crippen molar-refractivity contribution in [3.63, 3.8) is 0 Å². The van der Waals surface area contributed by atoms with Crippen molar-refractivity contribution in [3.05, 3.63) is 79.5 Å². The standard InChI is InChI=1S/C26H30N2S.2CHF3O3S.Fe/c1-15-11-17(3)25(18(4)12-15)27-21(7)23-9-10-24(29-23)22(8)28-26-19(5)13-16(2)14-20(26)6;2-1(3,4)7-8(5)6;2-1(3,4)5-6-7-8;/h9-14H,1-8H3;(H,5,6);8H;/q;;;+2/p-2. The zero-order chi connectivity index (χ0) is 34.7. The Morgan fingerprint density at radius 1 is 0.761 bits per heavy atom. The molecule has 0 aliphatic heterocycles. The number of aryl methyl sites for hydroxylation is 6. The van der Waals surface area contributed by atoms with Crippen LogP contribution in [0, 0.1) is 41.5 Å². The summed E-state index contributed by atoms with van der Waals surface area (Å²) < 4.78 is 87.9. The summed E-state index contributed by atoms with van der Waals surface area (Å²) in [4.78, 5) is 14.8. The van der Waals surface area contributed by atoms with Crippen LogP contribution < -0.4 is 0 Å². The van der Waals surface area contributed by atoms with Crippen molar-refractivity contribution < 1.29 is 70.6 Å². The average molecular weight is 757 g/mol. The van der Waals surface area contributed by atoms with Crippen LogP contribution in [-0.2, 0) is 59.8 Å². The first-order chi connectivity index (χ1) is 20.6. The van der Waals surface area contributed by atoms with Crippen LogP contribution in [0.4, 0.5) is 37.7 Å². The number of aliphatic imine (C=N–C) groups is 2. The molecule has 0 N–H and O–H groups in total. The van der Waals surface area contributed by atoms with Gasteiger partial charge in [0.15, 0.2) is 0 Å². The van der Waals surface area contributed by atoms with Gasteiger partial charge in [0.25, 0.3) is 0 Å². The molecular formula is C28H30F6FeN2O6S3. The SMILES string of the molecule is CC(=Nc1c(C)cc(C)cc1C)c1ccc(C(C)=Nc2c(C)cc(C)cc2C)s1.FC(F)(F)OOO[S-].O=S([O-])OC(F)(F)F.[Fe+2]. The first kappa shape index (κ1) is 43.9. The Kier molecular flexibility index (Phi) is 18.7. The quantitative estimate of drug-likeness (QED) is 0.0451. The number of nitrogens with zero attached hydrogens (tertiary/aromatic N) is 2. The molecule has 1 atom stereocenters. The van der Waals surface area contributed by atoms with E-state index in [0.29, 0.717) is 0 Å². The van der Waals surface area contributed by atoms with E-state index in [-0.39, 0.29) is 17.1 Å². The van der Waals surface area contributed by atoms with Crippen molar-refractivity contribution in [3.8, 4) is 0 Å². The van der Waals surface area contributed by atoms with Gasteiger partial charge >= 0.3 is 29.8 Å². The molecule has 0 aliphatic carbocycles. The number of hydrogen-bond donors (Lipinski definition) is 0. The third kappa shape index (κ3) is 16.6. The molecule has 0 amide bonds. The van der Waals surface area contributed by atoms with Gasteiger partial charge in [0.1, 0.15) is 0 Å². The minimum Gasteiger partial charge on any atom is -0.750 e. The molecule has 0 saturated carbocycles. The van der Waals surface area contributed by atoms with Crippen LogP contribution in [0.25, 0.3) is 0 Å². The summed E-state index contributed by atoms with van der Waals surface area (Å²) in [5.74, 6) is 0. The van der Waals surface area contributed by atoms with E-state index in [1.807, 2.05) is 0 Å². The average Bonchev–Trinajstić information content (AvgIpc) is 3.36. The summed E-state index contributed by atoms with van der Waals surface area (Å²) >= 11 is 1.72. The topological polar surface area (TPSA) is 102 Å². The Morgan fingerprint density at radius 3 is 1.33 bits per heavy atom. The first-order valence-electron chi connectivity index (χ1n) is 12.6. The fraction of sp³-hybridized carbons (Fsp3) is 0.357. The molecule has 3 rings (SSSR count). The monoisotopic (exact) mass is 756 g/mol. The number of hydrogen-bond acceptors (Lipinski definition) is 10. The molecule has 0 radical (unpaired) electrons. The normalized spacial score (nSPS) is 12.8. The van der Waals surface area contributed by atoms with Crippen LogP contribution in [0.3, 0.4) is 0 Å². The molecule has 0 bridgehead atoms. The Balaban J connectivity index is 0.000000986. The second-order valence-electron chi connectivity index (χ2n) is 9.45. The van der Waals surface area contributed by atoms with Crippen molar-refractivity contribution in [1.82, 2.24) is 0 Å². The number of alkyl halides is 6. The minimum atomic E-state index is -5.09. The smallest absolute Gasteiger partial charge is 0.750 e. The van der Waals surface area contributed by atoms with Gasteiger partial charge < -0.3 is 21.8 Å². The third-order valence-corrected chi connectivity index (χ3v) is 7.15. The summed E-state index contributed by atoms with van der Waals surface area (Å²) in [7, 11) is 0. The summed E-state index contributed by atoms with van der Waals surface area (Å²) in [6, 6.07) is 13.1. The van der Waals surface area contributed by atoms with Gasteiger partial charge in [0, 0.05) is 9.75 Å². The number of rotatable bonds is 7. The zero-order valence-electron chi connectivity index (χ0n) is 25.7. The van der Waals surface area contributed by atoms with E-state index in [2.05, 4.69) is 123 Å². The van der Waals surface area contributed by atoms with Crippen LogP contribution in [-0.4, -0.2) is 32.9 Å². The Bertz CT molecular complexity index is 1390. The van der Waals surface area contributed by atoms with Crippen molar-refractivity contribution in [2.24, 2.45) is 9.98 Å². The summed E-state index contributed by atoms with van der Waals surface area (Å²) in [6.45, 7) is 17.0. The molecule has 1 aromatic heterocycles. The molecule has 3 aromatic rings. The van der Waals surface area contributed by atoms with Gasteiger partial charge in [-0.2, -0.15) is 0 Å². The van der Waals surface area contributed by atoms with Crippen LogP contribution in [0.2, 0.25) is 0 Å². The maximum Gasteiger partial charge on any atom is 2.00 e. The predicted octanol–water partition coefficient (Wildman–Crippen LogP) is 9.04. The molecule has 1 unspecified atom stereocenters. The third-order valence-electron chi connectivity index (χ3n) is 5.47. The number of thiophene rings is 1. The fourth-order valence-corrected chi connectivity index (χ4v) is 5.08. The molecule has 0 saturated heterocycles.